The Morgan fingerprint density at radius 2 is 2.09 bits per heavy atom. The summed E-state index contributed by atoms with van der Waals surface area (Å²) in [4.78, 5) is 16.6. The number of carbonyl (C=O) groups excluding carboxylic acids is 1. The summed E-state index contributed by atoms with van der Waals surface area (Å²) in [5, 5.41) is 3.99. The third kappa shape index (κ3) is 3.11. The minimum Gasteiger partial charge on any atom is -0.464 e. The number of carbonyl (C=O) groups is 1. The van der Waals surface area contributed by atoms with Crippen LogP contribution in [0.5, 0.6) is 0 Å². The SMILES string of the molecule is Cc1ccc2c(CC(=O)NC(C)c3ccccn3)coc2c1C. The van der Waals surface area contributed by atoms with E-state index in [1.54, 1.807) is 12.5 Å². The van der Waals surface area contributed by atoms with E-state index in [4.69, 9.17) is 4.42 Å². The van der Waals surface area contributed by atoms with Crippen molar-refractivity contribution in [2.75, 3.05) is 0 Å². The number of fused-ring (bicyclic) bond motifs is 1. The van der Waals surface area contributed by atoms with Crippen molar-refractivity contribution in [3.05, 3.63) is 65.2 Å². The number of amides is 1. The summed E-state index contributed by atoms with van der Waals surface area (Å²) in [5.74, 6) is -0.0379. The second-order valence-electron chi connectivity index (χ2n) is 5.87. The second kappa shape index (κ2) is 6.24. The van der Waals surface area contributed by atoms with Crippen molar-refractivity contribution in [3.8, 4) is 0 Å². The van der Waals surface area contributed by atoms with Crippen LogP contribution in [0.25, 0.3) is 11.0 Å². The highest BCUT2D eigenvalue weighted by Gasteiger charge is 2.15. The van der Waals surface area contributed by atoms with E-state index >= 15 is 0 Å². The van der Waals surface area contributed by atoms with Crippen LogP contribution in [0.3, 0.4) is 0 Å². The Morgan fingerprint density at radius 3 is 2.83 bits per heavy atom. The molecule has 1 aromatic carbocycles. The molecule has 3 rings (SSSR count). The van der Waals surface area contributed by atoms with E-state index in [1.165, 1.54) is 5.56 Å². The number of hydrogen-bond donors (Lipinski definition) is 1. The minimum absolute atomic E-state index is 0.0379. The van der Waals surface area contributed by atoms with Gasteiger partial charge in [0.2, 0.25) is 5.91 Å². The van der Waals surface area contributed by atoms with Crippen molar-refractivity contribution in [1.29, 1.82) is 0 Å². The number of nitrogens with one attached hydrogen (secondary N) is 1. The molecule has 0 saturated heterocycles. The fourth-order valence-corrected chi connectivity index (χ4v) is 2.70. The molecular weight excluding hydrogens is 288 g/mol. The average molecular weight is 308 g/mol. The van der Waals surface area contributed by atoms with E-state index in [0.717, 1.165) is 27.8 Å². The molecule has 2 heterocycles. The van der Waals surface area contributed by atoms with Gasteiger partial charge in [-0.05, 0) is 44.0 Å². The first-order valence-corrected chi connectivity index (χ1v) is 7.73. The maximum atomic E-state index is 12.3. The van der Waals surface area contributed by atoms with E-state index in [1.807, 2.05) is 38.1 Å². The maximum Gasteiger partial charge on any atom is 0.225 e. The Kier molecular flexibility index (Phi) is 4.15. The summed E-state index contributed by atoms with van der Waals surface area (Å²) < 4.78 is 5.66. The zero-order valence-corrected chi connectivity index (χ0v) is 13.6. The van der Waals surface area contributed by atoms with Crippen molar-refractivity contribution in [3.63, 3.8) is 0 Å². The Bertz CT molecular complexity index is 837. The third-order valence-electron chi connectivity index (χ3n) is 4.20. The van der Waals surface area contributed by atoms with Crippen molar-refractivity contribution in [1.82, 2.24) is 10.3 Å². The first-order valence-electron chi connectivity index (χ1n) is 7.73. The van der Waals surface area contributed by atoms with Crippen LogP contribution in [0.2, 0.25) is 0 Å². The van der Waals surface area contributed by atoms with Crippen LogP contribution in [0.1, 0.15) is 35.3 Å². The first-order chi connectivity index (χ1) is 11.1. The molecule has 0 aliphatic heterocycles. The number of aromatic nitrogens is 1. The molecule has 0 fully saturated rings. The Hall–Kier alpha value is -2.62. The summed E-state index contributed by atoms with van der Waals surface area (Å²) in [6.45, 7) is 6.02. The molecule has 1 unspecified atom stereocenters. The zero-order valence-electron chi connectivity index (χ0n) is 13.6. The molecule has 0 aliphatic carbocycles. The van der Waals surface area contributed by atoms with Gasteiger partial charge in [0, 0.05) is 17.1 Å². The lowest BCUT2D eigenvalue weighted by molar-refractivity contribution is -0.121. The summed E-state index contributed by atoms with van der Waals surface area (Å²) in [7, 11) is 0. The van der Waals surface area contributed by atoms with Gasteiger partial charge in [-0.25, -0.2) is 0 Å². The zero-order chi connectivity index (χ0) is 16.4. The highest BCUT2D eigenvalue weighted by Crippen LogP contribution is 2.26. The lowest BCUT2D eigenvalue weighted by Gasteiger charge is -2.12. The monoisotopic (exact) mass is 308 g/mol. The molecule has 118 valence electrons. The quantitative estimate of drug-likeness (QED) is 0.796. The molecule has 0 saturated carbocycles. The van der Waals surface area contributed by atoms with Crippen LogP contribution in [-0.4, -0.2) is 10.9 Å². The molecule has 0 radical (unpaired) electrons. The van der Waals surface area contributed by atoms with Gasteiger partial charge in [-0.15, -0.1) is 0 Å². The molecular formula is C19H20N2O2. The van der Waals surface area contributed by atoms with Gasteiger partial charge < -0.3 is 9.73 Å². The fourth-order valence-electron chi connectivity index (χ4n) is 2.70. The molecule has 4 heteroatoms. The fraction of sp³-hybridized carbons (Fsp3) is 0.263. The van der Waals surface area contributed by atoms with Crippen LogP contribution in [-0.2, 0) is 11.2 Å². The molecule has 1 N–H and O–H groups in total. The Morgan fingerprint density at radius 1 is 1.26 bits per heavy atom. The normalized spacial score (nSPS) is 12.3. The van der Waals surface area contributed by atoms with Crippen molar-refractivity contribution < 1.29 is 9.21 Å². The molecule has 1 amide bonds. The number of pyridine rings is 1. The third-order valence-corrected chi connectivity index (χ3v) is 4.20. The van der Waals surface area contributed by atoms with Gasteiger partial charge in [0.25, 0.3) is 0 Å². The molecule has 23 heavy (non-hydrogen) atoms. The smallest absolute Gasteiger partial charge is 0.225 e. The highest BCUT2D eigenvalue weighted by molar-refractivity contribution is 5.89. The van der Waals surface area contributed by atoms with Gasteiger partial charge in [0.1, 0.15) is 5.58 Å². The first kappa shape index (κ1) is 15.3. The molecule has 0 spiro atoms. The number of furan rings is 1. The maximum absolute atomic E-state index is 12.3. The average Bonchev–Trinajstić information content (AvgIpc) is 2.95. The number of hydrogen-bond acceptors (Lipinski definition) is 3. The lowest BCUT2D eigenvalue weighted by Crippen LogP contribution is -2.28. The van der Waals surface area contributed by atoms with Gasteiger partial charge in [0.15, 0.2) is 0 Å². The molecule has 3 aromatic rings. The number of aryl methyl sites for hydroxylation is 2. The van der Waals surface area contributed by atoms with E-state index in [0.29, 0.717) is 6.42 Å². The molecule has 1 atom stereocenters. The van der Waals surface area contributed by atoms with E-state index in [-0.39, 0.29) is 11.9 Å². The second-order valence-corrected chi connectivity index (χ2v) is 5.87. The molecule has 0 bridgehead atoms. The lowest BCUT2D eigenvalue weighted by atomic mass is 10.0. The highest BCUT2D eigenvalue weighted by atomic mass is 16.3. The number of nitrogens with zero attached hydrogens (tertiary/aromatic N) is 1. The standard InChI is InChI=1S/C19H20N2O2/c1-12-7-8-16-15(11-23-19(16)13(12)2)10-18(22)21-14(3)17-6-4-5-9-20-17/h4-9,11,14H,10H2,1-3H3,(H,21,22). The van der Waals surface area contributed by atoms with Crippen molar-refractivity contribution in [2.24, 2.45) is 0 Å². The summed E-state index contributed by atoms with van der Waals surface area (Å²) in [6.07, 6.45) is 3.71. The van der Waals surface area contributed by atoms with E-state index < -0.39 is 0 Å². The van der Waals surface area contributed by atoms with Gasteiger partial charge in [-0.2, -0.15) is 0 Å². The van der Waals surface area contributed by atoms with Crippen LogP contribution in [0.4, 0.5) is 0 Å². The number of benzene rings is 1. The Labute approximate surface area is 135 Å². The molecule has 2 aromatic heterocycles. The predicted molar refractivity (Wildman–Crippen MR) is 90.2 cm³/mol. The summed E-state index contributed by atoms with van der Waals surface area (Å²) in [6, 6.07) is 9.65. The van der Waals surface area contributed by atoms with Crippen LogP contribution in [0.15, 0.2) is 47.2 Å². The summed E-state index contributed by atoms with van der Waals surface area (Å²) in [5.41, 5.74) is 4.94. The van der Waals surface area contributed by atoms with Crippen LogP contribution >= 0.6 is 0 Å². The molecule has 0 aliphatic rings. The van der Waals surface area contributed by atoms with Crippen LogP contribution < -0.4 is 5.32 Å². The van der Waals surface area contributed by atoms with Crippen molar-refractivity contribution >= 4 is 16.9 Å². The van der Waals surface area contributed by atoms with Gasteiger partial charge >= 0.3 is 0 Å². The number of rotatable bonds is 4. The van der Waals surface area contributed by atoms with E-state index in [2.05, 4.69) is 23.3 Å². The minimum atomic E-state index is -0.120. The van der Waals surface area contributed by atoms with Crippen molar-refractivity contribution in [2.45, 2.75) is 33.2 Å². The molecule has 4 nitrogen and oxygen atoms in total. The topological polar surface area (TPSA) is 55.1 Å². The van der Waals surface area contributed by atoms with Crippen LogP contribution in [0, 0.1) is 13.8 Å². The summed E-state index contributed by atoms with van der Waals surface area (Å²) >= 11 is 0. The van der Waals surface area contributed by atoms with Gasteiger partial charge in [-0.3, -0.25) is 9.78 Å². The van der Waals surface area contributed by atoms with Gasteiger partial charge in [0.05, 0.1) is 24.4 Å². The van der Waals surface area contributed by atoms with E-state index in [9.17, 15) is 4.79 Å². The Balaban J connectivity index is 1.75. The van der Waals surface area contributed by atoms with Gasteiger partial charge in [-0.1, -0.05) is 18.2 Å². The predicted octanol–water partition coefficient (Wildman–Crippen LogP) is 3.86. The largest absolute Gasteiger partial charge is 0.464 e.